The fourth-order valence-electron chi connectivity index (χ4n) is 3.50. The molecule has 0 spiro atoms. The first-order chi connectivity index (χ1) is 17.1. The van der Waals surface area contributed by atoms with Crippen LogP contribution in [0, 0.1) is 0 Å². The Hall–Kier alpha value is -3.39. The van der Waals surface area contributed by atoms with Crippen molar-refractivity contribution in [1.82, 2.24) is 0 Å². The van der Waals surface area contributed by atoms with Gasteiger partial charge in [-0.1, -0.05) is 42.5 Å². The first kappa shape index (κ1) is 25.7. The number of carbonyl (C=O) groups excluding carboxylic acids is 1. The van der Waals surface area contributed by atoms with Crippen molar-refractivity contribution in [2.75, 3.05) is 17.7 Å². The predicted molar refractivity (Wildman–Crippen MR) is 138 cm³/mol. The van der Waals surface area contributed by atoms with Crippen LogP contribution >= 0.6 is 18.7 Å². The molecule has 0 aliphatic rings. The SMILES string of the molecule is Nc1ccc(-c2cccs2)cc1NC(=O)c1ccc(CP(=O)(OCC(F)(F)F)c2ccccc2)cc1. The van der Waals surface area contributed by atoms with Gasteiger partial charge in [-0.3, -0.25) is 9.36 Å². The molecule has 5 nitrogen and oxygen atoms in total. The second kappa shape index (κ2) is 10.7. The topological polar surface area (TPSA) is 81.4 Å². The zero-order valence-corrected chi connectivity index (χ0v) is 20.6. The van der Waals surface area contributed by atoms with Crippen LogP contribution in [0.1, 0.15) is 15.9 Å². The Bertz CT molecular complexity index is 1380. The molecule has 4 rings (SSSR count). The van der Waals surface area contributed by atoms with E-state index >= 15 is 0 Å². The summed E-state index contributed by atoms with van der Waals surface area (Å²) in [6.45, 7) is -1.62. The van der Waals surface area contributed by atoms with Gasteiger partial charge in [0.15, 0.2) is 6.61 Å². The summed E-state index contributed by atoms with van der Waals surface area (Å²) in [5, 5.41) is 4.94. The van der Waals surface area contributed by atoms with Crippen molar-refractivity contribution in [3.63, 3.8) is 0 Å². The zero-order chi connectivity index (χ0) is 25.8. The molecule has 4 aromatic rings. The van der Waals surface area contributed by atoms with Crippen LogP contribution < -0.4 is 16.4 Å². The number of carbonyl (C=O) groups is 1. The van der Waals surface area contributed by atoms with Gasteiger partial charge >= 0.3 is 6.18 Å². The molecular formula is C26H22F3N2O3PS. The molecule has 0 saturated carbocycles. The lowest BCUT2D eigenvalue weighted by molar-refractivity contribution is -0.153. The predicted octanol–water partition coefficient (Wildman–Crippen LogP) is 6.93. The molecule has 0 saturated heterocycles. The molecule has 0 bridgehead atoms. The van der Waals surface area contributed by atoms with Gasteiger partial charge in [0.05, 0.1) is 17.5 Å². The summed E-state index contributed by atoms with van der Waals surface area (Å²) in [6, 6.07) is 23.2. The van der Waals surface area contributed by atoms with E-state index in [4.69, 9.17) is 10.3 Å². The number of nitrogens with one attached hydrogen (secondary N) is 1. The minimum Gasteiger partial charge on any atom is -0.397 e. The van der Waals surface area contributed by atoms with Gasteiger partial charge < -0.3 is 15.6 Å². The lowest BCUT2D eigenvalue weighted by Crippen LogP contribution is -2.19. The highest BCUT2D eigenvalue weighted by Gasteiger charge is 2.35. The van der Waals surface area contributed by atoms with Gasteiger partial charge in [0, 0.05) is 15.7 Å². The largest absolute Gasteiger partial charge is 0.412 e. The summed E-state index contributed by atoms with van der Waals surface area (Å²) in [6.07, 6.45) is -4.86. The van der Waals surface area contributed by atoms with Crippen LogP contribution in [0.15, 0.2) is 90.3 Å². The summed E-state index contributed by atoms with van der Waals surface area (Å²) in [5.74, 6) is -0.406. The monoisotopic (exact) mass is 530 g/mol. The second-order valence-corrected chi connectivity index (χ2v) is 11.4. The summed E-state index contributed by atoms with van der Waals surface area (Å²) < 4.78 is 56.8. The van der Waals surface area contributed by atoms with E-state index in [9.17, 15) is 22.5 Å². The minimum absolute atomic E-state index is 0.192. The molecule has 1 heterocycles. The lowest BCUT2D eigenvalue weighted by atomic mass is 10.1. The van der Waals surface area contributed by atoms with Crippen molar-refractivity contribution in [2.45, 2.75) is 12.3 Å². The van der Waals surface area contributed by atoms with Crippen molar-refractivity contribution in [3.8, 4) is 10.4 Å². The zero-order valence-electron chi connectivity index (χ0n) is 18.9. The Morgan fingerprint density at radius 3 is 2.33 bits per heavy atom. The number of thiophene rings is 1. The van der Waals surface area contributed by atoms with Gasteiger partial charge in [-0.2, -0.15) is 13.2 Å². The number of amides is 1. The van der Waals surface area contributed by atoms with Gasteiger partial charge in [-0.15, -0.1) is 11.3 Å². The molecule has 1 unspecified atom stereocenters. The Morgan fingerprint density at radius 1 is 0.972 bits per heavy atom. The summed E-state index contributed by atoms with van der Waals surface area (Å²) in [4.78, 5) is 13.9. The third kappa shape index (κ3) is 6.43. The standard InChI is InChI=1S/C26H22F3N2O3PS/c27-26(28,29)17-34-35(33,21-5-2-1-3-6-21)16-18-8-10-19(11-9-18)25(32)31-23-15-20(12-13-22(23)30)24-7-4-14-36-24/h1-15H,16-17,30H2,(H,31,32). The molecule has 1 aromatic heterocycles. The number of hydrogen-bond acceptors (Lipinski definition) is 5. The molecule has 1 amide bonds. The van der Waals surface area contributed by atoms with E-state index < -0.39 is 26.1 Å². The molecule has 36 heavy (non-hydrogen) atoms. The highest BCUT2D eigenvalue weighted by molar-refractivity contribution is 7.66. The molecule has 186 valence electrons. The van der Waals surface area contributed by atoms with Crippen LogP contribution in [0.4, 0.5) is 24.5 Å². The molecule has 3 aromatic carbocycles. The highest BCUT2D eigenvalue weighted by atomic mass is 32.1. The number of nitrogen functional groups attached to an aromatic ring is 1. The van der Waals surface area contributed by atoms with Gasteiger partial charge in [-0.25, -0.2) is 0 Å². The molecule has 1 atom stereocenters. The normalized spacial score (nSPS) is 13.2. The van der Waals surface area contributed by atoms with E-state index in [1.54, 1.807) is 53.8 Å². The number of nitrogens with two attached hydrogens (primary N) is 1. The second-order valence-electron chi connectivity index (χ2n) is 7.99. The maximum Gasteiger partial charge on any atom is 0.412 e. The van der Waals surface area contributed by atoms with Crippen molar-refractivity contribution < 1.29 is 27.1 Å². The molecule has 0 aliphatic heterocycles. The van der Waals surface area contributed by atoms with Crippen LogP contribution in [0.2, 0.25) is 0 Å². The number of benzene rings is 3. The number of anilines is 2. The summed E-state index contributed by atoms with van der Waals surface area (Å²) in [7, 11) is -3.86. The molecule has 3 N–H and O–H groups in total. The fraction of sp³-hybridized carbons (Fsp3) is 0.115. The first-order valence-electron chi connectivity index (χ1n) is 10.8. The van der Waals surface area contributed by atoms with Gasteiger partial charge in [-0.05, 0) is 59.0 Å². The molecule has 0 fully saturated rings. The first-order valence-corrected chi connectivity index (χ1v) is 13.5. The average molecular weight is 531 g/mol. The van der Waals surface area contributed by atoms with Crippen LogP contribution in [0.3, 0.4) is 0 Å². The van der Waals surface area contributed by atoms with Crippen molar-refractivity contribution in [3.05, 3.63) is 101 Å². The lowest BCUT2D eigenvalue weighted by Gasteiger charge is -2.20. The Labute approximate surface area is 210 Å². The number of hydrogen-bond donors (Lipinski definition) is 2. The van der Waals surface area contributed by atoms with E-state index in [2.05, 4.69) is 5.32 Å². The fourth-order valence-corrected chi connectivity index (χ4v) is 6.32. The van der Waals surface area contributed by atoms with Crippen molar-refractivity contribution in [2.24, 2.45) is 0 Å². The van der Waals surface area contributed by atoms with E-state index in [0.717, 1.165) is 10.4 Å². The van der Waals surface area contributed by atoms with Crippen molar-refractivity contribution >= 4 is 41.3 Å². The van der Waals surface area contributed by atoms with Gasteiger partial charge in [0.2, 0.25) is 7.37 Å². The van der Waals surface area contributed by atoms with Crippen LogP contribution in [-0.4, -0.2) is 18.7 Å². The number of halogens is 3. The Morgan fingerprint density at radius 2 is 1.69 bits per heavy atom. The maximum atomic E-state index is 13.4. The average Bonchev–Trinajstić information content (AvgIpc) is 3.40. The summed E-state index contributed by atoms with van der Waals surface area (Å²) in [5.41, 5.74) is 8.61. The molecule has 0 aliphatic carbocycles. The number of rotatable bonds is 8. The molecule has 0 radical (unpaired) electrons. The van der Waals surface area contributed by atoms with Gasteiger partial charge in [0.1, 0.15) is 0 Å². The van der Waals surface area contributed by atoms with E-state index in [0.29, 0.717) is 22.5 Å². The molecule has 10 heteroatoms. The molecular weight excluding hydrogens is 508 g/mol. The van der Waals surface area contributed by atoms with E-state index in [1.807, 2.05) is 23.6 Å². The number of alkyl halides is 3. The van der Waals surface area contributed by atoms with Gasteiger partial charge in [0.25, 0.3) is 5.91 Å². The van der Waals surface area contributed by atoms with Crippen LogP contribution in [-0.2, 0) is 15.3 Å². The smallest absolute Gasteiger partial charge is 0.397 e. The van der Waals surface area contributed by atoms with Crippen LogP contribution in [0.5, 0.6) is 0 Å². The Balaban J connectivity index is 1.50. The minimum atomic E-state index is -4.62. The third-order valence-corrected chi connectivity index (χ3v) is 8.63. The third-order valence-electron chi connectivity index (χ3n) is 5.30. The van der Waals surface area contributed by atoms with Crippen molar-refractivity contribution in [1.29, 1.82) is 0 Å². The van der Waals surface area contributed by atoms with E-state index in [1.165, 1.54) is 24.3 Å². The van der Waals surface area contributed by atoms with E-state index in [-0.39, 0.29) is 11.5 Å². The van der Waals surface area contributed by atoms with Crippen LogP contribution in [0.25, 0.3) is 10.4 Å². The highest BCUT2D eigenvalue weighted by Crippen LogP contribution is 2.50. The maximum absolute atomic E-state index is 13.4. The quantitative estimate of drug-likeness (QED) is 0.191. The Kier molecular flexibility index (Phi) is 7.64. The summed E-state index contributed by atoms with van der Waals surface area (Å²) >= 11 is 1.57.